The molecule has 0 saturated carbocycles. The van der Waals surface area contributed by atoms with Crippen LogP contribution in [0, 0.1) is 0 Å². The number of hydrogen-bond donors (Lipinski definition) is 1. The van der Waals surface area contributed by atoms with E-state index in [1.807, 2.05) is 0 Å². The number of nitrogens with one attached hydrogen (secondary N) is 1. The molecule has 0 aromatic carbocycles. The van der Waals surface area contributed by atoms with Crippen LogP contribution in [-0.4, -0.2) is 57.6 Å². The zero-order valence-corrected chi connectivity index (χ0v) is 9.29. The standard InChI is InChI=1S/C10H22N2O2/c1-3-12(2)6-5-11-8-10-4-7-13-9-14-10/h10-11H,3-9H2,1-2H3. The summed E-state index contributed by atoms with van der Waals surface area (Å²) in [6, 6.07) is 0. The fourth-order valence-corrected chi connectivity index (χ4v) is 1.35. The van der Waals surface area contributed by atoms with Crippen LogP contribution >= 0.6 is 0 Å². The molecule has 0 spiro atoms. The number of ether oxygens (including phenoxy) is 2. The topological polar surface area (TPSA) is 33.7 Å². The molecule has 0 bridgehead atoms. The van der Waals surface area contributed by atoms with Gasteiger partial charge in [-0.2, -0.15) is 0 Å². The highest BCUT2D eigenvalue weighted by Gasteiger charge is 2.12. The Morgan fingerprint density at radius 3 is 3.00 bits per heavy atom. The van der Waals surface area contributed by atoms with E-state index in [-0.39, 0.29) is 0 Å². The maximum absolute atomic E-state index is 5.41. The molecular weight excluding hydrogens is 180 g/mol. The largest absolute Gasteiger partial charge is 0.355 e. The van der Waals surface area contributed by atoms with Gasteiger partial charge in [-0.15, -0.1) is 0 Å². The highest BCUT2D eigenvalue weighted by molar-refractivity contribution is 4.64. The smallest absolute Gasteiger partial charge is 0.147 e. The molecule has 1 rings (SSSR count). The normalized spacial score (nSPS) is 22.9. The van der Waals surface area contributed by atoms with Crippen molar-refractivity contribution in [2.45, 2.75) is 19.4 Å². The Labute approximate surface area is 86.6 Å². The van der Waals surface area contributed by atoms with Gasteiger partial charge in [-0.3, -0.25) is 0 Å². The lowest BCUT2D eigenvalue weighted by molar-refractivity contribution is -0.137. The minimum Gasteiger partial charge on any atom is -0.355 e. The first-order valence-corrected chi connectivity index (χ1v) is 5.41. The van der Waals surface area contributed by atoms with Crippen molar-refractivity contribution < 1.29 is 9.47 Å². The van der Waals surface area contributed by atoms with Crippen molar-refractivity contribution in [1.29, 1.82) is 0 Å². The Morgan fingerprint density at radius 2 is 2.36 bits per heavy atom. The molecule has 84 valence electrons. The molecule has 1 N–H and O–H groups in total. The van der Waals surface area contributed by atoms with Crippen LogP contribution in [0.1, 0.15) is 13.3 Å². The Morgan fingerprint density at radius 1 is 1.50 bits per heavy atom. The van der Waals surface area contributed by atoms with Crippen molar-refractivity contribution in [2.24, 2.45) is 0 Å². The molecule has 0 aromatic heterocycles. The van der Waals surface area contributed by atoms with Crippen LogP contribution in [0.2, 0.25) is 0 Å². The van der Waals surface area contributed by atoms with Crippen molar-refractivity contribution in [2.75, 3.05) is 46.6 Å². The number of nitrogens with zero attached hydrogens (tertiary/aromatic N) is 1. The molecule has 0 amide bonds. The summed E-state index contributed by atoms with van der Waals surface area (Å²) in [5.41, 5.74) is 0. The van der Waals surface area contributed by atoms with Gasteiger partial charge < -0.3 is 19.7 Å². The van der Waals surface area contributed by atoms with E-state index in [9.17, 15) is 0 Å². The van der Waals surface area contributed by atoms with E-state index >= 15 is 0 Å². The lowest BCUT2D eigenvalue weighted by Gasteiger charge is -2.23. The van der Waals surface area contributed by atoms with Crippen molar-refractivity contribution in [3.8, 4) is 0 Å². The van der Waals surface area contributed by atoms with Crippen LogP contribution < -0.4 is 5.32 Å². The summed E-state index contributed by atoms with van der Waals surface area (Å²) < 4.78 is 10.5. The summed E-state index contributed by atoms with van der Waals surface area (Å²) in [7, 11) is 2.13. The van der Waals surface area contributed by atoms with Gasteiger partial charge in [0.25, 0.3) is 0 Å². The van der Waals surface area contributed by atoms with E-state index in [1.165, 1.54) is 0 Å². The second-order valence-electron chi connectivity index (χ2n) is 3.70. The summed E-state index contributed by atoms with van der Waals surface area (Å²) in [4.78, 5) is 2.29. The van der Waals surface area contributed by atoms with Crippen LogP contribution in [0.4, 0.5) is 0 Å². The van der Waals surface area contributed by atoms with E-state index in [0.29, 0.717) is 12.9 Å². The zero-order valence-electron chi connectivity index (χ0n) is 9.29. The van der Waals surface area contributed by atoms with Crippen LogP contribution in [-0.2, 0) is 9.47 Å². The van der Waals surface area contributed by atoms with E-state index in [2.05, 4.69) is 24.2 Å². The molecule has 4 heteroatoms. The Hall–Kier alpha value is -0.160. The molecule has 0 radical (unpaired) electrons. The molecule has 0 aliphatic carbocycles. The first-order chi connectivity index (χ1) is 6.83. The summed E-state index contributed by atoms with van der Waals surface area (Å²) in [5.74, 6) is 0. The molecule has 4 nitrogen and oxygen atoms in total. The van der Waals surface area contributed by atoms with Gasteiger partial charge in [-0.25, -0.2) is 0 Å². The maximum Gasteiger partial charge on any atom is 0.147 e. The van der Waals surface area contributed by atoms with E-state index in [1.54, 1.807) is 0 Å². The van der Waals surface area contributed by atoms with Crippen molar-refractivity contribution >= 4 is 0 Å². The van der Waals surface area contributed by atoms with Gasteiger partial charge in [0.05, 0.1) is 12.7 Å². The Balaban J connectivity index is 1.92. The van der Waals surface area contributed by atoms with Crippen LogP contribution in [0.3, 0.4) is 0 Å². The lowest BCUT2D eigenvalue weighted by Crippen LogP contribution is -2.37. The van der Waals surface area contributed by atoms with Gasteiger partial charge in [0.1, 0.15) is 6.79 Å². The molecular formula is C10H22N2O2. The van der Waals surface area contributed by atoms with Gasteiger partial charge in [0.15, 0.2) is 0 Å². The van der Waals surface area contributed by atoms with Crippen molar-refractivity contribution in [3.63, 3.8) is 0 Å². The van der Waals surface area contributed by atoms with E-state index < -0.39 is 0 Å². The lowest BCUT2D eigenvalue weighted by atomic mass is 10.2. The van der Waals surface area contributed by atoms with Crippen molar-refractivity contribution in [3.05, 3.63) is 0 Å². The monoisotopic (exact) mass is 202 g/mol. The third kappa shape index (κ3) is 4.91. The van der Waals surface area contributed by atoms with Gasteiger partial charge in [-0.1, -0.05) is 6.92 Å². The minimum absolute atomic E-state index is 0.343. The minimum atomic E-state index is 0.343. The summed E-state index contributed by atoms with van der Waals surface area (Å²) in [6.45, 7) is 7.64. The first-order valence-electron chi connectivity index (χ1n) is 5.41. The molecule has 1 aliphatic heterocycles. The second kappa shape index (κ2) is 7.17. The summed E-state index contributed by atoms with van der Waals surface area (Å²) in [5, 5.41) is 3.40. The molecule has 1 saturated heterocycles. The number of hydrogen-bond acceptors (Lipinski definition) is 4. The summed E-state index contributed by atoms with van der Waals surface area (Å²) >= 11 is 0. The Bertz CT molecular complexity index is 138. The predicted octanol–water partition coefficient (Wildman–Crippen LogP) is 0.291. The second-order valence-corrected chi connectivity index (χ2v) is 3.70. The molecule has 1 atom stereocenters. The average molecular weight is 202 g/mol. The van der Waals surface area contributed by atoms with E-state index in [0.717, 1.165) is 39.2 Å². The predicted molar refractivity (Wildman–Crippen MR) is 56.3 cm³/mol. The quantitative estimate of drug-likeness (QED) is 0.628. The fourth-order valence-electron chi connectivity index (χ4n) is 1.35. The highest BCUT2D eigenvalue weighted by Crippen LogP contribution is 2.03. The zero-order chi connectivity index (χ0) is 10.2. The fraction of sp³-hybridized carbons (Fsp3) is 1.00. The molecule has 1 fully saturated rings. The number of rotatable bonds is 6. The first kappa shape index (κ1) is 11.9. The molecule has 1 unspecified atom stereocenters. The third-order valence-electron chi connectivity index (χ3n) is 2.55. The van der Waals surface area contributed by atoms with Crippen LogP contribution in [0.25, 0.3) is 0 Å². The highest BCUT2D eigenvalue weighted by atomic mass is 16.7. The van der Waals surface area contributed by atoms with Gasteiger partial charge >= 0.3 is 0 Å². The SMILES string of the molecule is CCN(C)CCNCC1CCOCO1. The summed E-state index contributed by atoms with van der Waals surface area (Å²) in [6.07, 6.45) is 1.35. The Kier molecular flexibility index (Phi) is 6.10. The molecule has 0 aromatic rings. The van der Waals surface area contributed by atoms with Gasteiger partial charge in [-0.05, 0) is 20.0 Å². The molecule has 14 heavy (non-hydrogen) atoms. The van der Waals surface area contributed by atoms with Crippen LogP contribution in [0.15, 0.2) is 0 Å². The van der Waals surface area contributed by atoms with E-state index in [4.69, 9.17) is 9.47 Å². The molecule has 1 aliphatic rings. The maximum atomic E-state index is 5.41. The van der Waals surface area contributed by atoms with Gasteiger partial charge in [0, 0.05) is 19.6 Å². The van der Waals surface area contributed by atoms with Crippen LogP contribution in [0.5, 0.6) is 0 Å². The average Bonchev–Trinajstić information content (AvgIpc) is 2.25. The van der Waals surface area contributed by atoms with Gasteiger partial charge in [0.2, 0.25) is 0 Å². The molecule has 1 heterocycles. The number of likely N-dealkylation sites (N-methyl/N-ethyl adjacent to an activating group) is 1. The third-order valence-corrected chi connectivity index (χ3v) is 2.55. The van der Waals surface area contributed by atoms with Crippen molar-refractivity contribution in [1.82, 2.24) is 10.2 Å².